The van der Waals surface area contributed by atoms with Crippen molar-refractivity contribution >= 4 is 35.0 Å². The molecule has 0 fully saturated rings. The highest BCUT2D eigenvalue weighted by Gasteiger charge is 2.18. The number of hydrogen-bond donors (Lipinski definition) is 1. The predicted molar refractivity (Wildman–Crippen MR) is 135 cm³/mol. The fourth-order valence-electron chi connectivity index (χ4n) is 3.29. The quantitative estimate of drug-likeness (QED) is 0.319. The van der Waals surface area contributed by atoms with Gasteiger partial charge in [-0.25, -0.2) is 0 Å². The highest BCUT2D eigenvalue weighted by Crippen LogP contribution is 2.31. The van der Waals surface area contributed by atoms with Gasteiger partial charge in [-0.2, -0.15) is 0 Å². The molecule has 174 valence electrons. The minimum atomic E-state index is -0.194. The van der Waals surface area contributed by atoms with Crippen LogP contribution in [0.4, 0.5) is 5.69 Å². The summed E-state index contributed by atoms with van der Waals surface area (Å²) in [5.41, 5.74) is 3.49. The zero-order valence-electron chi connectivity index (χ0n) is 18.9. The van der Waals surface area contributed by atoms with Gasteiger partial charge in [-0.05, 0) is 55.5 Å². The normalized spacial score (nSPS) is 10.7. The van der Waals surface area contributed by atoms with Crippen LogP contribution >= 0.6 is 23.4 Å². The molecule has 4 rings (SSSR count). The average Bonchev–Trinajstić information content (AvgIpc) is 3.28. The number of aromatic nitrogens is 3. The number of aryl methyl sites for hydroxylation is 1. The van der Waals surface area contributed by atoms with Crippen molar-refractivity contribution in [2.45, 2.75) is 12.1 Å². The first-order valence-corrected chi connectivity index (χ1v) is 11.8. The second-order valence-corrected chi connectivity index (χ2v) is 8.77. The number of benzene rings is 3. The molecular formula is C25H23ClN4O3S. The summed E-state index contributed by atoms with van der Waals surface area (Å²) in [6, 6.07) is 20.7. The number of ether oxygens (including phenoxy) is 2. The van der Waals surface area contributed by atoms with Crippen LogP contribution in [0, 0.1) is 6.92 Å². The summed E-state index contributed by atoms with van der Waals surface area (Å²) < 4.78 is 12.5. The molecule has 0 saturated carbocycles. The fraction of sp³-hybridized carbons (Fsp3) is 0.160. The van der Waals surface area contributed by atoms with Gasteiger partial charge in [0.15, 0.2) is 11.0 Å². The molecule has 9 heteroatoms. The second kappa shape index (κ2) is 10.6. The predicted octanol–water partition coefficient (Wildman–Crippen LogP) is 5.64. The third-order valence-corrected chi connectivity index (χ3v) is 6.22. The minimum absolute atomic E-state index is 0.139. The van der Waals surface area contributed by atoms with Crippen molar-refractivity contribution in [3.8, 4) is 28.6 Å². The van der Waals surface area contributed by atoms with Crippen molar-refractivity contribution in [1.82, 2.24) is 14.8 Å². The highest BCUT2D eigenvalue weighted by molar-refractivity contribution is 7.99. The third kappa shape index (κ3) is 5.35. The van der Waals surface area contributed by atoms with Crippen LogP contribution in [-0.2, 0) is 4.79 Å². The molecule has 0 saturated heterocycles. The maximum atomic E-state index is 12.7. The standard InChI is InChI=1S/C25H23ClN4O3S/c1-16-4-10-19(11-5-16)30-24(17-6-8-18(26)9-7-17)28-29-25(30)34-15-23(31)27-21-13-12-20(32-2)14-22(21)33-3/h4-14H,15H2,1-3H3,(H,27,31). The Morgan fingerprint density at radius 3 is 2.41 bits per heavy atom. The number of nitrogens with zero attached hydrogens (tertiary/aromatic N) is 3. The fourth-order valence-corrected chi connectivity index (χ4v) is 4.17. The molecular weight excluding hydrogens is 472 g/mol. The zero-order chi connectivity index (χ0) is 24.1. The second-order valence-electron chi connectivity index (χ2n) is 7.39. The van der Waals surface area contributed by atoms with Gasteiger partial charge in [0.2, 0.25) is 5.91 Å². The summed E-state index contributed by atoms with van der Waals surface area (Å²) in [6.07, 6.45) is 0. The lowest BCUT2D eigenvalue weighted by Gasteiger charge is -2.12. The Morgan fingerprint density at radius 1 is 1.00 bits per heavy atom. The van der Waals surface area contributed by atoms with Gasteiger partial charge in [0.05, 0.1) is 25.7 Å². The minimum Gasteiger partial charge on any atom is -0.497 e. The van der Waals surface area contributed by atoms with E-state index in [4.69, 9.17) is 21.1 Å². The smallest absolute Gasteiger partial charge is 0.234 e. The number of rotatable bonds is 8. The molecule has 0 atom stereocenters. The lowest BCUT2D eigenvalue weighted by Crippen LogP contribution is -2.15. The molecule has 0 spiro atoms. The first-order valence-electron chi connectivity index (χ1n) is 10.4. The zero-order valence-corrected chi connectivity index (χ0v) is 20.5. The molecule has 34 heavy (non-hydrogen) atoms. The molecule has 0 aliphatic carbocycles. The first kappa shape index (κ1) is 23.7. The number of anilines is 1. The molecule has 0 aliphatic rings. The summed E-state index contributed by atoms with van der Waals surface area (Å²) in [6.45, 7) is 2.03. The van der Waals surface area contributed by atoms with E-state index in [2.05, 4.69) is 15.5 Å². The number of thioether (sulfide) groups is 1. The Hall–Kier alpha value is -3.49. The van der Waals surface area contributed by atoms with Crippen molar-refractivity contribution in [2.75, 3.05) is 25.3 Å². The van der Waals surface area contributed by atoms with E-state index in [0.29, 0.717) is 33.2 Å². The molecule has 1 amide bonds. The Labute approximate surface area is 207 Å². The van der Waals surface area contributed by atoms with Crippen molar-refractivity contribution < 1.29 is 14.3 Å². The van der Waals surface area contributed by atoms with Gasteiger partial charge in [0, 0.05) is 22.3 Å². The monoisotopic (exact) mass is 494 g/mol. The van der Waals surface area contributed by atoms with E-state index in [1.54, 1.807) is 32.4 Å². The Bertz CT molecular complexity index is 1290. The van der Waals surface area contributed by atoms with Crippen LogP contribution in [0.3, 0.4) is 0 Å². The van der Waals surface area contributed by atoms with Gasteiger partial charge in [0.1, 0.15) is 11.5 Å². The van der Waals surface area contributed by atoms with Crippen LogP contribution in [0.25, 0.3) is 17.1 Å². The van der Waals surface area contributed by atoms with Crippen LogP contribution in [0.2, 0.25) is 5.02 Å². The van der Waals surface area contributed by atoms with Gasteiger partial charge >= 0.3 is 0 Å². The largest absolute Gasteiger partial charge is 0.497 e. The van der Waals surface area contributed by atoms with Gasteiger partial charge in [-0.3, -0.25) is 9.36 Å². The number of hydrogen-bond acceptors (Lipinski definition) is 6. The molecule has 4 aromatic rings. The van der Waals surface area contributed by atoms with Crippen molar-refractivity contribution in [3.05, 3.63) is 77.3 Å². The maximum absolute atomic E-state index is 12.7. The molecule has 7 nitrogen and oxygen atoms in total. The van der Waals surface area contributed by atoms with Crippen LogP contribution in [-0.4, -0.2) is 40.6 Å². The summed E-state index contributed by atoms with van der Waals surface area (Å²) in [4.78, 5) is 12.7. The Balaban J connectivity index is 1.58. The molecule has 1 aromatic heterocycles. The summed E-state index contributed by atoms with van der Waals surface area (Å²) >= 11 is 7.36. The number of halogens is 1. The molecule has 0 unspecified atom stereocenters. The number of nitrogens with one attached hydrogen (secondary N) is 1. The molecule has 0 radical (unpaired) electrons. The van der Waals surface area contributed by atoms with Gasteiger partial charge in [-0.15, -0.1) is 10.2 Å². The maximum Gasteiger partial charge on any atom is 0.234 e. The SMILES string of the molecule is COc1ccc(NC(=O)CSc2nnc(-c3ccc(Cl)cc3)n2-c2ccc(C)cc2)c(OC)c1. The van der Waals surface area contributed by atoms with E-state index in [0.717, 1.165) is 16.8 Å². The van der Waals surface area contributed by atoms with Crippen molar-refractivity contribution in [2.24, 2.45) is 0 Å². The summed E-state index contributed by atoms with van der Waals surface area (Å²) in [7, 11) is 3.12. The van der Waals surface area contributed by atoms with Gasteiger partial charge in [0.25, 0.3) is 0 Å². The Kier molecular flexibility index (Phi) is 7.40. The molecule has 0 bridgehead atoms. The molecule has 0 aliphatic heterocycles. The van der Waals surface area contributed by atoms with E-state index in [-0.39, 0.29) is 11.7 Å². The topological polar surface area (TPSA) is 78.3 Å². The van der Waals surface area contributed by atoms with Crippen molar-refractivity contribution in [3.63, 3.8) is 0 Å². The van der Waals surface area contributed by atoms with Gasteiger partial charge < -0.3 is 14.8 Å². The molecule has 1 heterocycles. The third-order valence-electron chi connectivity index (χ3n) is 5.04. The molecule has 3 aromatic carbocycles. The molecule has 1 N–H and O–H groups in total. The van der Waals surface area contributed by atoms with Crippen LogP contribution < -0.4 is 14.8 Å². The number of amides is 1. The van der Waals surface area contributed by atoms with Crippen LogP contribution in [0.5, 0.6) is 11.5 Å². The van der Waals surface area contributed by atoms with Crippen LogP contribution in [0.15, 0.2) is 71.9 Å². The van der Waals surface area contributed by atoms with Gasteiger partial charge in [-0.1, -0.05) is 41.1 Å². The Morgan fingerprint density at radius 2 is 1.74 bits per heavy atom. The number of carbonyl (C=O) groups is 1. The van der Waals surface area contributed by atoms with E-state index >= 15 is 0 Å². The summed E-state index contributed by atoms with van der Waals surface area (Å²) in [5, 5.41) is 12.9. The van der Waals surface area contributed by atoms with Crippen LogP contribution in [0.1, 0.15) is 5.56 Å². The first-order chi connectivity index (χ1) is 16.5. The van der Waals surface area contributed by atoms with E-state index in [9.17, 15) is 4.79 Å². The average molecular weight is 495 g/mol. The van der Waals surface area contributed by atoms with Crippen molar-refractivity contribution in [1.29, 1.82) is 0 Å². The lowest BCUT2D eigenvalue weighted by molar-refractivity contribution is -0.113. The van der Waals surface area contributed by atoms with E-state index < -0.39 is 0 Å². The van der Waals surface area contributed by atoms with E-state index in [1.165, 1.54) is 11.8 Å². The van der Waals surface area contributed by atoms with E-state index in [1.807, 2.05) is 60.0 Å². The number of methoxy groups -OCH3 is 2. The summed E-state index contributed by atoms with van der Waals surface area (Å²) in [5.74, 6) is 1.77. The lowest BCUT2D eigenvalue weighted by atomic mass is 10.2. The highest BCUT2D eigenvalue weighted by atomic mass is 35.5. The number of carbonyl (C=O) groups excluding carboxylic acids is 1.